The number of anilines is 1. The number of hydrogen-bond acceptors (Lipinski definition) is 5. The van der Waals surface area contributed by atoms with E-state index in [1.54, 1.807) is 43.3 Å². The molecule has 1 aliphatic rings. The monoisotopic (exact) mass is 507 g/mol. The smallest absolute Gasteiger partial charge is 0.411 e. The fourth-order valence-corrected chi connectivity index (χ4v) is 5.14. The molecular weight excluding hydrogens is 485 g/mol. The number of nitrogens with zero attached hydrogens (tertiary/aromatic N) is 3. The molecule has 2 heterocycles. The van der Waals surface area contributed by atoms with Crippen molar-refractivity contribution in [1.29, 1.82) is 0 Å². The molecule has 4 rings (SSSR count). The first-order chi connectivity index (χ1) is 15.9. The lowest BCUT2D eigenvalue weighted by molar-refractivity contribution is -0.184. The number of imidazole rings is 1. The van der Waals surface area contributed by atoms with Crippen LogP contribution in [0.3, 0.4) is 0 Å². The molecule has 1 saturated heterocycles. The SMILES string of the molecule is CCN(C(=O)O)c1ccc(SCC2COC(Cn3ccnc3)(c3ccc(Cl)cc3Cl)O2)cc1. The number of amides is 1. The first kappa shape index (κ1) is 23.9. The highest BCUT2D eigenvalue weighted by molar-refractivity contribution is 7.99. The average molecular weight is 508 g/mol. The first-order valence-electron chi connectivity index (χ1n) is 10.4. The van der Waals surface area contributed by atoms with Crippen LogP contribution in [-0.2, 0) is 21.8 Å². The van der Waals surface area contributed by atoms with Gasteiger partial charge in [-0.2, -0.15) is 0 Å². The summed E-state index contributed by atoms with van der Waals surface area (Å²) in [4.78, 5) is 17.7. The van der Waals surface area contributed by atoms with Gasteiger partial charge in [0.15, 0.2) is 0 Å². The lowest BCUT2D eigenvalue weighted by Gasteiger charge is -2.30. The lowest BCUT2D eigenvalue weighted by Crippen LogP contribution is -2.34. The molecule has 10 heteroatoms. The van der Waals surface area contributed by atoms with Crippen molar-refractivity contribution in [2.75, 3.05) is 23.8 Å². The van der Waals surface area contributed by atoms with Gasteiger partial charge < -0.3 is 19.1 Å². The van der Waals surface area contributed by atoms with Crippen molar-refractivity contribution in [1.82, 2.24) is 9.55 Å². The van der Waals surface area contributed by atoms with Crippen molar-refractivity contribution in [2.24, 2.45) is 0 Å². The number of ether oxygens (including phenoxy) is 2. The van der Waals surface area contributed by atoms with Crippen molar-refractivity contribution in [2.45, 2.75) is 30.3 Å². The molecule has 1 aliphatic heterocycles. The molecule has 1 fully saturated rings. The summed E-state index contributed by atoms with van der Waals surface area (Å²) in [5, 5.41) is 10.3. The number of hydrogen-bond donors (Lipinski definition) is 1. The molecule has 1 aromatic heterocycles. The molecule has 0 saturated carbocycles. The van der Waals surface area contributed by atoms with E-state index in [-0.39, 0.29) is 6.10 Å². The lowest BCUT2D eigenvalue weighted by atomic mass is 10.1. The molecule has 7 nitrogen and oxygen atoms in total. The Balaban J connectivity index is 1.46. The normalized spacial score (nSPS) is 20.2. The Labute approximate surface area is 206 Å². The molecule has 1 amide bonds. The van der Waals surface area contributed by atoms with E-state index in [9.17, 15) is 9.90 Å². The molecule has 174 valence electrons. The Morgan fingerprint density at radius 2 is 2.09 bits per heavy atom. The maximum absolute atomic E-state index is 11.3. The molecule has 2 atom stereocenters. The van der Waals surface area contributed by atoms with Crippen LogP contribution in [0.15, 0.2) is 66.1 Å². The predicted molar refractivity (Wildman–Crippen MR) is 129 cm³/mol. The van der Waals surface area contributed by atoms with Gasteiger partial charge in [-0.1, -0.05) is 29.3 Å². The van der Waals surface area contributed by atoms with Crippen LogP contribution in [0, 0.1) is 0 Å². The minimum absolute atomic E-state index is 0.170. The Kier molecular flexibility index (Phi) is 7.51. The molecule has 2 unspecified atom stereocenters. The quantitative estimate of drug-likeness (QED) is 0.390. The maximum atomic E-state index is 11.3. The maximum Gasteiger partial charge on any atom is 0.411 e. The van der Waals surface area contributed by atoms with Crippen LogP contribution in [-0.4, -0.2) is 45.8 Å². The van der Waals surface area contributed by atoms with Crippen LogP contribution in [0.25, 0.3) is 0 Å². The summed E-state index contributed by atoms with van der Waals surface area (Å²) in [6.07, 6.45) is 4.12. The first-order valence-corrected chi connectivity index (χ1v) is 12.1. The van der Waals surface area contributed by atoms with Gasteiger partial charge in [0.1, 0.15) is 0 Å². The number of rotatable bonds is 8. The second-order valence-electron chi connectivity index (χ2n) is 7.49. The summed E-state index contributed by atoms with van der Waals surface area (Å²) in [5.74, 6) is -0.396. The van der Waals surface area contributed by atoms with E-state index < -0.39 is 11.9 Å². The average Bonchev–Trinajstić information content (AvgIpc) is 3.44. The molecular formula is C23H23Cl2N3O4S. The molecule has 0 bridgehead atoms. The molecule has 33 heavy (non-hydrogen) atoms. The zero-order valence-corrected chi connectivity index (χ0v) is 20.2. The topological polar surface area (TPSA) is 76.8 Å². The summed E-state index contributed by atoms with van der Waals surface area (Å²) in [7, 11) is 0. The van der Waals surface area contributed by atoms with Crippen molar-refractivity contribution in [3.63, 3.8) is 0 Å². The van der Waals surface area contributed by atoms with Crippen molar-refractivity contribution >= 4 is 46.7 Å². The van der Waals surface area contributed by atoms with Gasteiger partial charge in [0.05, 0.1) is 30.6 Å². The number of benzene rings is 2. The largest absolute Gasteiger partial charge is 0.465 e. The zero-order valence-electron chi connectivity index (χ0n) is 17.9. The van der Waals surface area contributed by atoms with Gasteiger partial charge in [-0.25, -0.2) is 9.78 Å². The summed E-state index contributed by atoms with van der Waals surface area (Å²) < 4.78 is 14.6. The van der Waals surface area contributed by atoms with E-state index in [2.05, 4.69) is 4.98 Å². The van der Waals surface area contributed by atoms with E-state index in [0.29, 0.717) is 46.7 Å². The third-order valence-electron chi connectivity index (χ3n) is 5.28. The fourth-order valence-electron chi connectivity index (χ4n) is 3.72. The Morgan fingerprint density at radius 3 is 2.73 bits per heavy atom. The molecule has 1 N–H and O–H groups in total. The van der Waals surface area contributed by atoms with Crippen LogP contribution in [0.5, 0.6) is 0 Å². The Bertz CT molecular complexity index is 1100. The third kappa shape index (κ3) is 5.47. The second-order valence-corrected chi connectivity index (χ2v) is 9.43. The highest BCUT2D eigenvalue weighted by Crippen LogP contribution is 2.41. The Hall–Kier alpha value is -2.23. The van der Waals surface area contributed by atoms with Crippen molar-refractivity contribution < 1.29 is 19.4 Å². The van der Waals surface area contributed by atoms with Gasteiger partial charge in [-0.3, -0.25) is 4.90 Å². The number of halogens is 2. The number of thioether (sulfide) groups is 1. The van der Waals surface area contributed by atoms with Crippen molar-refractivity contribution in [3.05, 3.63) is 76.8 Å². The van der Waals surface area contributed by atoms with Gasteiger partial charge >= 0.3 is 6.09 Å². The number of aromatic nitrogens is 2. The van der Waals surface area contributed by atoms with Crippen molar-refractivity contribution in [3.8, 4) is 0 Å². The van der Waals surface area contributed by atoms with Crippen LogP contribution < -0.4 is 4.90 Å². The molecule has 3 aromatic rings. The van der Waals surface area contributed by atoms with Gasteiger partial charge in [0.25, 0.3) is 0 Å². The summed E-state index contributed by atoms with van der Waals surface area (Å²) in [6.45, 7) is 2.99. The standard InChI is InChI=1S/C23H23Cl2N3O4S/c1-2-28(22(29)30)17-4-6-19(7-5-17)33-13-18-12-31-23(32-18,14-27-10-9-26-15-27)20-8-3-16(24)11-21(20)25/h3-11,15,18H,2,12-14H2,1H3,(H,29,30). The molecule has 0 spiro atoms. The molecule has 0 radical (unpaired) electrons. The van der Waals surface area contributed by atoms with E-state index in [0.717, 1.165) is 4.90 Å². The molecule has 0 aliphatic carbocycles. The van der Waals surface area contributed by atoms with Gasteiger partial charge in [-0.05, 0) is 43.3 Å². The summed E-state index contributed by atoms with van der Waals surface area (Å²) in [6, 6.07) is 12.7. The minimum Gasteiger partial charge on any atom is -0.465 e. The van der Waals surface area contributed by atoms with E-state index in [1.807, 2.05) is 41.1 Å². The number of carbonyl (C=O) groups is 1. The van der Waals surface area contributed by atoms with Gasteiger partial charge in [0, 0.05) is 45.9 Å². The van der Waals surface area contributed by atoms with E-state index in [1.165, 1.54) is 4.90 Å². The predicted octanol–water partition coefficient (Wildman–Crippen LogP) is 5.75. The van der Waals surface area contributed by atoms with Crippen LogP contribution in [0.1, 0.15) is 12.5 Å². The fraction of sp³-hybridized carbons (Fsp3) is 0.304. The number of carboxylic acid groups (broad SMARTS) is 1. The van der Waals surface area contributed by atoms with E-state index >= 15 is 0 Å². The summed E-state index contributed by atoms with van der Waals surface area (Å²) in [5.41, 5.74) is 1.36. The molecule has 2 aromatic carbocycles. The van der Waals surface area contributed by atoms with E-state index in [4.69, 9.17) is 32.7 Å². The van der Waals surface area contributed by atoms with Crippen LogP contribution in [0.4, 0.5) is 10.5 Å². The third-order valence-corrected chi connectivity index (χ3v) is 6.97. The van der Waals surface area contributed by atoms with Gasteiger partial charge in [0.2, 0.25) is 5.79 Å². The minimum atomic E-state index is -1.05. The van der Waals surface area contributed by atoms with Gasteiger partial charge in [-0.15, -0.1) is 11.8 Å². The highest BCUT2D eigenvalue weighted by atomic mass is 35.5. The Morgan fingerprint density at radius 1 is 1.30 bits per heavy atom. The highest BCUT2D eigenvalue weighted by Gasteiger charge is 2.45. The summed E-state index contributed by atoms with van der Waals surface area (Å²) >= 11 is 14.2. The second kappa shape index (κ2) is 10.4. The zero-order chi connectivity index (χ0) is 23.4. The van der Waals surface area contributed by atoms with Crippen LogP contribution in [0.2, 0.25) is 10.0 Å². The van der Waals surface area contributed by atoms with Crippen LogP contribution >= 0.6 is 35.0 Å².